The molecule has 1 aliphatic rings. The highest BCUT2D eigenvalue weighted by atomic mass is 32.2. The highest BCUT2D eigenvalue weighted by Gasteiger charge is 2.26. The lowest BCUT2D eigenvalue weighted by atomic mass is 10.0. The summed E-state index contributed by atoms with van der Waals surface area (Å²) in [5.41, 5.74) is 0.251. The van der Waals surface area contributed by atoms with Gasteiger partial charge in [-0.3, -0.25) is 4.79 Å². The van der Waals surface area contributed by atoms with Gasteiger partial charge >= 0.3 is 0 Å². The zero-order valence-electron chi connectivity index (χ0n) is 11.8. The Morgan fingerprint density at radius 3 is 2.86 bits per heavy atom. The van der Waals surface area contributed by atoms with E-state index in [1.165, 1.54) is 22.7 Å². The summed E-state index contributed by atoms with van der Waals surface area (Å²) in [5, 5.41) is 0. The second kappa shape index (κ2) is 6.53. The number of benzene rings is 1. The third-order valence-corrected chi connectivity index (χ3v) is 4.79. The molecule has 0 saturated carbocycles. The summed E-state index contributed by atoms with van der Waals surface area (Å²) >= 11 is 0. The molecule has 0 aromatic heterocycles. The van der Waals surface area contributed by atoms with Gasteiger partial charge in [-0.15, -0.1) is 0 Å². The number of hydrogen-bond donors (Lipinski definition) is 0. The van der Waals surface area contributed by atoms with Crippen LogP contribution in [0.4, 0.5) is 4.39 Å². The van der Waals surface area contributed by atoms with Crippen LogP contribution in [0.2, 0.25) is 0 Å². The van der Waals surface area contributed by atoms with Crippen LogP contribution in [0.25, 0.3) is 0 Å². The molecule has 1 aromatic carbocycles. The standard InChI is InChI=1S/C14H18FNO4S/c1-21(18,19)16-6-2-3-12(8-16)10-20-14-5-4-11(9-17)7-13(14)15/h4-5,7,9,12H,2-3,6,8,10H2,1H3. The molecule has 1 atom stereocenters. The van der Waals surface area contributed by atoms with E-state index in [0.717, 1.165) is 18.9 Å². The molecule has 1 saturated heterocycles. The van der Waals surface area contributed by atoms with Crippen LogP contribution >= 0.6 is 0 Å². The average molecular weight is 315 g/mol. The Hall–Kier alpha value is -1.47. The molecule has 0 N–H and O–H groups in total. The number of ether oxygens (including phenoxy) is 1. The van der Waals surface area contributed by atoms with Gasteiger partial charge in [0.05, 0.1) is 12.9 Å². The zero-order valence-corrected chi connectivity index (χ0v) is 12.6. The molecule has 116 valence electrons. The van der Waals surface area contributed by atoms with Crippen molar-refractivity contribution in [3.05, 3.63) is 29.6 Å². The van der Waals surface area contributed by atoms with Gasteiger partial charge in [-0.1, -0.05) is 0 Å². The minimum Gasteiger partial charge on any atom is -0.490 e. The molecule has 1 unspecified atom stereocenters. The molecule has 0 amide bonds. The van der Waals surface area contributed by atoms with Gasteiger partial charge in [-0.25, -0.2) is 17.1 Å². The lowest BCUT2D eigenvalue weighted by Crippen LogP contribution is -2.40. The lowest BCUT2D eigenvalue weighted by molar-refractivity contribution is 0.112. The average Bonchev–Trinajstić information content (AvgIpc) is 2.45. The van der Waals surface area contributed by atoms with Crippen molar-refractivity contribution in [2.45, 2.75) is 12.8 Å². The van der Waals surface area contributed by atoms with Crippen LogP contribution in [0.5, 0.6) is 5.75 Å². The fraction of sp³-hybridized carbons (Fsp3) is 0.500. The van der Waals surface area contributed by atoms with E-state index in [4.69, 9.17) is 4.74 Å². The van der Waals surface area contributed by atoms with Gasteiger partial charge in [0.2, 0.25) is 10.0 Å². The fourth-order valence-corrected chi connectivity index (χ4v) is 3.32. The number of carbonyl (C=O) groups excluding carboxylic acids is 1. The van der Waals surface area contributed by atoms with Crippen LogP contribution in [0, 0.1) is 11.7 Å². The Morgan fingerprint density at radius 2 is 2.24 bits per heavy atom. The van der Waals surface area contributed by atoms with Crippen LogP contribution in [0.3, 0.4) is 0 Å². The molecule has 1 aliphatic heterocycles. The molecule has 0 spiro atoms. The minimum absolute atomic E-state index is 0.0404. The van der Waals surface area contributed by atoms with E-state index in [0.29, 0.717) is 19.4 Å². The molecule has 0 radical (unpaired) electrons. The monoisotopic (exact) mass is 315 g/mol. The van der Waals surface area contributed by atoms with Gasteiger partial charge in [-0.05, 0) is 31.0 Å². The van der Waals surface area contributed by atoms with Gasteiger partial charge in [-0.2, -0.15) is 0 Å². The topological polar surface area (TPSA) is 63.7 Å². The minimum atomic E-state index is -3.19. The normalized spacial score (nSPS) is 20.2. The molecule has 1 aromatic rings. The summed E-state index contributed by atoms with van der Waals surface area (Å²) < 4.78 is 43.6. The molecule has 21 heavy (non-hydrogen) atoms. The van der Waals surface area contributed by atoms with Crippen LogP contribution in [-0.2, 0) is 10.0 Å². The number of aldehydes is 1. The number of rotatable bonds is 5. The Bertz CT molecular complexity index is 617. The van der Waals surface area contributed by atoms with E-state index in [1.54, 1.807) is 0 Å². The molecule has 5 nitrogen and oxygen atoms in total. The van der Waals surface area contributed by atoms with Crippen molar-refractivity contribution in [2.75, 3.05) is 26.0 Å². The van der Waals surface area contributed by atoms with E-state index < -0.39 is 15.8 Å². The summed E-state index contributed by atoms with van der Waals surface area (Å²) in [5.74, 6) is -0.467. The second-order valence-electron chi connectivity index (χ2n) is 5.25. The predicted molar refractivity (Wildman–Crippen MR) is 76.4 cm³/mol. The number of carbonyl (C=O) groups is 1. The van der Waals surface area contributed by atoms with Gasteiger partial charge in [0.1, 0.15) is 6.29 Å². The SMILES string of the molecule is CS(=O)(=O)N1CCCC(COc2ccc(C=O)cc2F)C1. The van der Waals surface area contributed by atoms with E-state index in [1.807, 2.05) is 0 Å². The van der Waals surface area contributed by atoms with Crippen molar-refractivity contribution >= 4 is 16.3 Å². The first-order valence-electron chi connectivity index (χ1n) is 6.73. The quantitative estimate of drug-likeness (QED) is 0.776. The largest absolute Gasteiger partial charge is 0.490 e. The van der Waals surface area contributed by atoms with Crippen LogP contribution < -0.4 is 4.74 Å². The van der Waals surface area contributed by atoms with Crippen molar-refractivity contribution in [3.63, 3.8) is 0 Å². The number of nitrogens with zero attached hydrogens (tertiary/aromatic N) is 1. The first kappa shape index (κ1) is 15.9. The molecule has 7 heteroatoms. The van der Waals surface area contributed by atoms with Gasteiger partial charge in [0.15, 0.2) is 11.6 Å². The smallest absolute Gasteiger partial charge is 0.211 e. The molecule has 1 heterocycles. The van der Waals surface area contributed by atoms with Crippen molar-refractivity contribution in [1.29, 1.82) is 0 Å². The summed E-state index contributed by atoms with van der Waals surface area (Å²) in [6, 6.07) is 4.01. The molecule has 0 aliphatic carbocycles. The fourth-order valence-electron chi connectivity index (χ4n) is 2.38. The predicted octanol–water partition coefficient (Wildman–Crippen LogP) is 1.69. The van der Waals surface area contributed by atoms with Crippen molar-refractivity contribution < 1.29 is 22.3 Å². The molecule has 0 bridgehead atoms. The van der Waals surface area contributed by atoms with Gasteiger partial charge < -0.3 is 4.74 Å². The van der Waals surface area contributed by atoms with Crippen molar-refractivity contribution in [1.82, 2.24) is 4.31 Å². The lowest BCUT2D eigenvalue weighted by Gasteiger charge is -2.30. The van der Waals surface area contributed by atoms with E-state index >= 15 is 0 Å². The summed E-state index contributed by atoms with van der Waals surface area (Å²) in [7, 11) is -3.19. The number of sulfonamides is 1. The Morgan fingerprint density at radius 1 is 1.48 bits per heavy atom. The molecular formula is C14H18FNO4S. The Labute approximate surface area is 123 Å². The van der Waals surface area contributed by atoms with Crippen LogP contribution in [0.1, 0.15) is 23.2 Å². The summed E-state index contributed by atoms with van der Waals surface area (Å²) in [4.78, 5) is 10.5. The second-order valence-corrected chi connectivity index (χ2v) is 7.23. The molecule has 1 fully saturated rings. The maximum Gasteiger partial charge on any atom is 0.211 e. The van der Waals surface area contributed by atoms with E-state index in [2.05, 4.69) is 0 Å². The Kier molecular flexibility index (Phi) is 4.95. The Balaban J connectivity index is 1.95. The van der Waals surface area contributed by atoms with Crippen LogP contribution in [0.15, 0.2) is 18.2 Å². The van der Waals surface area contributed by atoms with Gasteiger partial charge in [0.25, 0.3) is 0 Å². The molecule has 2 rings (SSSR count). The van der Waals surface area contributed by atoms with Crippen LogP contribution in [-0.4, -0.2) is 45.0 Å². The van der Waals surface area contributed by atoms with E-state index in [-0.39, 0.29) is 23.8 Å². The number of hydrogen-bond acceptors (Lipinski definition) is 4. The van der Waals surface area contributed by atoms with Crippen molar-refractivity contribution in [3.8, 4) is 5.75 Å². The summed E-state index contributed by atoms with van der Waals surface area (Å²) in [6.45, 7) is 1.17. The maximum atomic E-state index is 13.7. The van der Waals surface area contributed by atoms with Gasteiger partial charge in [0, 0.05) is 24.6 Å². The molecular weight excluding hydrogens is 297 g/mol. The first-order valence-corrected chi connectivity index (χ1v) is 8.57. The summed E-state index contributed by atoms with van der Waals surface area (Å²) in [6.07, 6.45) is 3.37. The third-order valence-electron chi connectivity index (χ3n) is 3.52. The third kappa shape index (κ3) is 4.25. The number of piperidine rings is 1. The van der Waals surface area contributed by atoms with Crippen molar-refractivity contribution in [2.24, 2.45) is 5.92 Å². The maximum absolute atomic E-state index is 13.7. The number of halogens is 1. The zero-order chi connectivity index (χ0) is 15.5. The highest BCUT2D eigenvalue weighted by Crippen LogP contribution is 2.22. The first-order chi connectivity index (χ1) is 9.90. The highest BCUT2D eigenvalue weighted by molar-refractivity contribution is 7.88. The van der Waals surface area contributed by atoms with E-state index in [9.17, 15) is 17.6 Å².